The maximum atomic E-state index is 13.6. The Bertz CT molecular complexity index is 1340. The molecule has 4 N–H and O–H groups in total. The van der Waals surface area contributed by atoms with E-state index in [0.717, 1.165) is 0 Å². The molecule has 3 rings (SSSR count). The molecule has 0 aliphatic heterocycles. The highest BCUT2D eigenvalue weighted by Gasteiger charge is 2.11. The first-order valence-corrected chi connectivity index (χ1v) is 11.6. The summed E-state index contributed by atoms with van der Waals surface area (Å²) in [6.45, 7) is 4.37. The molecule has 0 bridgehead atoms. The molecule has 0 saturated heterocycles. The maximum absolute atomic E-state index is 13.6. The highest BCUT2D eigenvalue weighted by atomic mass is 32.1. The van der Waals surface area contributed by atoms with Crippen LogP contribution in [0.25, 0.3) is 5.69 Å². The Hall–Kier alpha value is -4.62. The van der Waals surface area contributed by atoms with Crippen molar-refractivity contribution in [2.45, 2.75) is 13.8 Å². The monoisotopic (exact) mass is 531 g/mol. The smallest absolute Gasteiger partial charge is 0.249 e. The van der Waals surface area contributed by atoms with Crippen LogP contribution < -0.4 is 16.2 Å². The number of aromatic nitrogens is 3. The number of rotatable bonds is 6. The van der Waals surface area contributed by atoms with E-state index in [2.05, 4.69) is 51.6 Å². The van der Waals surface area contributed by atoms with E-state index in [4.69, 9.17) is 27.4 Å². The highest BCUT2D eigenvalue weighted by molar-refractivity contribution is 7.85. The molecule has 0 fully saturated rings. The van der Waals surface area contributed by atoms with Crippen molar-refractivity contribution in [2.24, 2.45) is 5.73 Å². The van der Waals surface area contributed by atoms with E-state index in [1.54, 1.807) is 50.7 Å². The van der Waals surface area contributed by atoms with Crippen molar-refractivity contribution >= 4 is 18.3 Å². The molecule has 0 spiro atoms. The van der Waals surface area contributed by atoms with Gasteiger partial charge in [-0.3, -0.25) is 0 Å². The Morgan fingerprint density at radius 2 is 2.00 bits per heavy atom. The standard InChI is InChI=1S/C19H17FN4O2.C7H9N.C3H4S/c1-25-8-9-26-19-14(5-6-17-4-2-3-7-22-17)13-24(23-19)18-11-15(20)10-16(21)12-18;1-3-5-6-7(8)4-2;1-2-3-4/h2-4,7,10-13H,8-9,21H2,1H3;2-3,5-6H,8H2,1H3;4H,1H3/b;5-3-,7-6-;. The van der Waals surface area contributed by atoms with Crippen LogP contribution in [0.15, 0.2) is 72.7 Å². The molecule has 1 aromatic carbocycles. The largest absolute Gasteiger partial charge is 0.473 e. The molecule has 0 unspecified atom stereocenters. The lowest BCUT2D eigenvalue weighted by Crippen LogP contribution is -2.06. The number of nitrogen functional groups attached to an aromatic ring is 1. The highest BCUT2D eigenvalue weighted by Crippen LogP contribution is 2.20. The molecule has 3 aromatic rings. The zero-order valence-electron chi connectivity index (χ0n) is 21.5. The van der Waals surface area contributed by atoms with Gasteiger partial charge in [0.15, 0.2) is 0 Å². The molecule has 0 amide bonds. The zero-order chi connectivity index (χ0) is 28.2. The number of nitrogens with zero attached hydrogens (tertiary/aromatic N) is 3. The summed E-state index contributed by atoms with van der Waals surface area (Å²) in [4.78, 5) is 4.16. The van der Waals surface area contributed by atoms with Crippen LogP contribution in [0.3, 0.4) is 0 Å². The van der Waals surface area contributed by atoms with Crippen LogP contribution in [0.4, 0.5) is 10.1 Å². The van der Waals surface area contributed by atoms with Gasteiger partial charge in [0.2, 0.25) is 5.88 Å². The SMILES string of the molecule is C#C/C(N)=C/C=C\C.CC#CS.COCCOc1nn(-c2cc(N)cc(F)c2)cc1C#Cc1ccccn1. The molecule has 38 heavy (non-hydrogen) atoms. The lowest BCUT2D eigenvalue weighted by Gasteiger charge is -2.04. The van der Waals surface area contributed by atoms with Gasteiger partial charge in [-0.1, -0.05) is 48.6 Å². The number of allylic oxidation sites excluding steroid dienone is 4. The summed E-state index contributed by atoms with van der Waals surface area (Å²) in [6, 6.07) is 9.66. The molecule has 0 saturated carbocycles. The summed E-state index contributed by atoms with van der Waals surface area (Å²) in [5, 5.41) is 6.72. The van der Waals surface area contributed by atoms with E-state index in [1.807, 2.05) is 25.1 Å². The average molecular weight is 532 g/mol. The number of thiol groups is 1. The predicted octanol–water partition coefficient (Wildman–Crippen LogP) is 4.35. The van der Waals surface area contributed by atoms with Crippen molar-refractivity contribution in [3.8, 4) is 46.9 Å². The summed E-state index contributed by atoms with van der Waals surface area (Å²) < 4.78 is 25.7. The van der Waals surface area contributed by atoms with Crippen molar-refractivity contribution in [3.05, 3.63) is 89.8 Å². The molecule has 7 nitrogen and oxygen atoms in total. The molecule has 0 aliphatic carbocycles. The van der Waals surface area contributed by atoms with E-state index < -0.39 is 5.82 Å². The molecule has 196 valence electrons. The second-order valence-corrected chi connectivity index (χ2v) is 7.22. The van der Waals surface area contributed by atoms with Gasteiger partial charge < -0.3 is 20.9 Å². The number of ether oxygens (including phenoxy) is 2. The third-order valence-corrected chi connectivity index (χ3v) is 4.34. The molecule has 2 heterocycles. The van der Waals surface area contributed by atoms with E-state index in [1.165, 1.54) is 16.8 Å². The Labute approximate surface area is 229 Å². The third kappa shape index (κ3) is 12.4. The lowest BCUT2D eigenvalue weighted by atomic mass is 10.2. The van der Waals surface area contributed by atoms with Crippen LogP contribution >= 0.6 is 12.6 Å². The quantitative estimate of drug-likeness (QED) is 0.144. The minimum Gasteiger partial charge on any atom is -0.473 e. The number of terminal acetylenes is 1. The molecule has 0 radical (unpaired) electrons. The topological polar surface area (TPSA) is 101 Å². The molecule has 2 aromatic heterocycles. The van der Waals surface area contributed by atoms with Gasteiger partial charge in [-0.15, -0.1) is 11.5 Å². The van der Waals surface area contributed by atoms with Gasteiger partial charge in [0.05, 0.1) is 24.2 Å². The fraction of sp³-hybridized carbons (Fsp3) is 0.172. The Balaban J connectivity index is 0.000000504. The Morgan fingerprint density at radius 3 is 2.58 bits per heavy atom. The molecule has 0 aliphatic rings. The van der Waals surface area contributed by atoms with Crippen molar-refractivity contribution in [1.82, 2.24) is 14.8 Å². The number of methoxy groups -OCH3 is 1. The minimum absolute atomic E-state index is 0.304. The summed E-state index contributed by atoms with van der Waals surface area (Å²) >= 11 is 3.56. The summed E-state index contributed by atoms with van der Waals surface area (Å²) in [7, 11) is 1.58. The first kappa shape index (κ1) is 31.4. The first-order chi connectivity index (χ1) is 18.4. The predicted molar refractivity (Wildman–Crippen MR) is 154 cm³/mol. The van der Waals surface area contributed by atoms with E-state index in [0.29, 0.717) is 47.4 Å². The van der Waals surface area contributed by atoms with Crippen LogP contribution in [0.5, 0.6) is 5.88 Å². The van der Waals surface area contributed by atoms with Crippen LogP contribution in [0.1, 0.15) is 25.1 Å². The van der Waals surface area contributed by atoms with Gasteiger partial charge in [-0.25, -0.2) is 14.1 Å². The van der Waals surface area contributed by atoms with E-state index >= 15 is 0 Å². The van der Waals surface area contributed by atoms with Crippen LogP contribution in [0.2, 0.25) is 0 Å². The van der Waals surface area contributed by atoms with Gasteiger partial charge in [0, 0.05) is 19.0 Å². The van der Waals surface area contributed by atoms with Crippen LogP contribution in [-0.2, 0) is 4.74 Å². The number of halogens is 1. The van der Waals surface area contributed by atoms with Crippen molar-refractivity contribution < 1.29 is 13.9 Å². The molecular formula is C29H30FN5O2S. The maximum Gasteiger partial charge on any atom is 0.249 e. The summed E-state index contributed by atoms with van der Waals surface area (Å²) in [5.74, 6) is 10.7. The van der Waals surface area contributed by atoms with Crippen LogP contribution in [0, 0.1) is 41.2 Å². The van der Waals surface area contributed by atoms with Crippen molar-refractivity contribution in [1.29, 1.82) is 0 Å². The van der Waals surface area contributed by atoms with Crippen LogP contribution in [-0.4, -0.2) is 35.1 Å². The fourth-order valence-electron chi connectivity index (χ4n) is 2.45. The number of hydrogen-bond donors (Lipinski definition) is 3. The Kier molecular flexibility index (Phi) is 15.4. The van der Waals surface area contributed by atoms with E-state index in [9.17, 15) is 4.39 Å². The zero-order valence-corrected chi connectivity index (χ0v) is 22.4. The second kappa shape index (κ2) is 18.6. The third-order valence-electron chi connectivity index (χ3n) is 4.11. The molecular weight excluding hydrogens is 501 g/mol. The van der Waals surface area contributed by atoms with Crippen molar-refractivity contribution in [2.75, 3.05) is 26.1 Å². The minimum atomic E-state index is -0.446. The number of benzene rings is 1. The van der Waals surface area contributed by atoms with Gasteiger partial charge in [-0.05, 0) is 61.4 Å². The van der Waals surface area contributed by atoms with Gasteiger partial charge >= 0.3 is 0 Å². The second-order valence-electron chi connectivity index (χ2n) is 7.00. The summed E-state index contributed by atoms with van der Waals surface area (Å²) in [5.41, 5.74) is 13.4. The number of anilines is 1. The number of pyridine rings is 1. The van der Waals surface area contributed by atoms with Gasteiger partial charge in [-0.2, -0.15) is 0 Å². The number of nitrogens with two attached hydrogens (primary N) is 2. The normalized spacial score (nSPS) is 9.84. The van der Waals surface area contributed by atoms with Gasteiger partial charge in [0.1, 0.15) is 23.7 Å². The fourth-order valence-corrected chi connectivity index (χ4v) is 2.45. The van der Waals surface area contributed by atoms with Crippen molar-refractivity contribution in [3.63, 3.8) is 0 Å². The summed E-state index contributed by atoms with van der Waals surface area (Å²) in [6.07, 6.45) is 13.6. The Morgan fingerprint density at radius 1 is 1.24 bits per heavy atom. The number of hydrogen-bond acceptors (Lipinski definition) is 7. The molecule has 9 heteroatoms. The van der Waals surface area contributed by atoms with E-state index in [-0.39, 0.29) is 0 Å². The molecule has 0 atom stereocenters. The first-order valence-electron chi connectivity index (χ1n) is 11.2. The lowest BCUT2D eigenvalue weighted by molar-refractivity contribution is 0.143. The average Bonchev–Trinajstić information content (AvgIpc) is 3.34. The van der Waals surface area contributed by atoms with Gasteiger partial charge in [0.25, 0.3) is 0 Å².